The lowest BCUT2D eigenvalue weighted by atomic mass is 10.0. The SMILES string of the molecule is CC(C)CN1CC2=C(C1=O)C(c1cccs1)NC(=O)N2. The summed E-state index contributed by atoms with van der Waals surface area (Å²) in [4.78, 5) is 27.1. The maximum Gasteiger partial charge on any atom is 0.319 e. The van der Waals surface area contributed by atoms with E-state index in [4.69, 9.17) is 0 Å². The van der Waals surface area contributed by atoms with E-state index < -0.39 is 0 Å². The Balaban J connectivity index is 1.92. The highest BCUT2D eigenvalue weighted by Gasteiger charge is 2.40. The van der Waals surface area contributed by atoms with Crippen molar-refractivity contribution in [1.29, 1.82) is 0 Å². The average molecular weight is 291 g/mol. The smallest absolute Gasteiger partial charge is 0.319 e. The maximum absolute atomic E-state index is 12.6. The summed E-state index contributed by atoms with van der Waals surface area (Å²) in [6.45, 7) is 5.37. The molecule has 20 heavy (non-hydrogen) atoms. The summed E-state index contributed by atoms with van der Waals surface area (Å²) in [6, 6.07) is 3.33. The van der Waals surface area contributed by atoms with E-state index in [-0.39, 0.29) is 18.0 Å². The van der Waals surface area contributed by atoms with E-state index in [0.29, 0.717) is 24.6 Å². The molecule has 3 heterocycles. The van der Waals surface area contributed by atoms with Crippen LogP contribution in [0.3, 0.4) is 0 Å². The van der Waals surface area contributed by atoms with Crippen LogP contribution in [0.1, 0.15) is 24.8 Å². The lowest BCUT2D eigenvalue weighted by Crippen LogP contribution is -2.44. The summed E-state index contributed by atoms with van der Waals surface area (Å²) in [5.74, 6) is 0.434. The van der Waals surface area contributed by atoms with E-state index in [2.05, 4.69) is 24.5 Å². The van der Waals surface area contributed by atoms with Crippen molar-refractivity contribution in [2.45, 2.75) is 19.9 Å². The highest BCUT2D eigenvalue weighted by Crippen LogP contribution is 2.34. The summed E-state index contributed by atoms with van der Waals surface area (Å²) in [5, 5.41) is 7.58. The number of urea groups is 1. The van der Waals surface area contributed by atoms with E-state index in [9.17, 15) is 9.59 Å². The van der Waals surface area contributed by atoms with Crippen molar-refractivity contribution in [3.05, 3.63) is 33.7 Å². The molecule has 5 nitrogen and oxygen atoms in total. The molecular formula is C14H17N3O2S. The van der Waals surface area contributed by atoms with Gasteiger partial charge >= 0.3 is 6.03 Å². The maximum atomic E-state index is 12.6. The molecule has 2 N–H and O–H groups in total. The molecule has 0 saturated heterocycles. The minimum absolute atomic E-state index is 0.0274. The van der Waals surface area contributed by atoms with Gasteiger partial charge in [-0.15, -0.1) is 11.3 Å². The molecule has 1 atom stereocenters. The largest absolute Gasteiger partial charge is 0.333 e. The van der Waals surface area contributed by atoms with Gasteiger partial charge in [0.1, 0.15) is 0 Å². The molecule has 1 unspecified atom stereocenters. The van der Waals surface area contributed by atoms with Crippen LogP contribution in [0.25, 0.3) is 0 Å². The van der Waals surface area contributed by atoms with Crippen LogP contribution >= 0.6 is 11.3 Å². The van der Waals surface area contributed by atoms with Crippen LogP contribution in [-0.2, 0) is 4.79 Å². The second-order valence-electron chi connectivity index (χ2n) is 5.52. The van der Waals surface area contributed by atoms with E-state index in [1.165, 1.54) is 0 Å². The summed E-state index contributed by atoms with van der Waals surface area (Å²) in [7, 11) is 0. The van der Waals surface area contributed by atoms with Crippen LogP contribution in [0, 0.1) is 5.92 Å². The Bertz CT molecular complexity index is 577. The number of amides is 3. The van der Waals surface area contributed by atoms with Crippen LogP contribution in [-0.4, -0.2) is 29.9 Å². The molecule has 0 bridgehead atoms. The molecule has 1 aromatic heterocycles. The van der Waals surface area contributed by atoms with E-state index >= 15 is 0 Å². The van der Waals surface area contributed by atoms with Crippen LogP contribution in [0.2, 0.25) is 0 Å². The molecule has 0 spiro atoms. The average Bonchev–Trinajstić information content (AvgIpc) is 2.98. The van der Waals surface area contributed by atoms with Crippen molar-refractivity contribution in [2.24, 2.45) is 5.92 Å². The van der Waals surface area contributed by atoms with Crippen molar-refractivity contribution in [3.63, 3.8) is 0 Å². The molecule has 3 rings (SSSR count). The molecule has 0 aliphatic carbocycles. The molecular weight excluding hydrogens is 274 g/mol. The Morgan fingerprint density at radius 3 is 2.90 bits per heavy atom. The van der Waals surface area contributed by atoms with Crippen molar-refractivity contribution in [3.8, 4) is 0 Å². The van der Waals surface area contributed by atoms with E-state index in [1.807, 2.05) is 22.4 Å². The number of carbonyl (C=O) groups excluding carboxylic acids is 2. The Labute approximate surface area is 121 Å². The number of rotatable bonds is 3. The van der Waals surface area contributed by atoms with Gasteiger partial charge in [-0.05, 0) is 17.4 Å². The first kappa shape index (κ1) is 13.2. The van der Waals surface area contributed by atoms with Crippen LogP contribution in [0.15, 0.2) is 28.8 Å². The summed E-state index contributed by atoms with van der Waals surface area (Å²) >= 11 is 1.55. The van der Waals surface area contributed by atoms with Crippen molar-refractivity contribution >= 4 is 23.3 Å². The lowest BCUT2D eigenvalue weighted by molar-refractivity contribution is -0.126. The predicted octanol–water partition coefficient (Wildman–Crippen LogP) is 1.85. The third kappa shape index (κ3) is 2.20. The zero-order valence-electron chi connectivity index (χ0n) is 11.5. The normalized spacial score (nSPS) is 22.1. The van der Waals surface area contributed by atoms with Gasteiger partial charge in [0.05, 0.1) is 23.9 Å². The number of hydrogen-bond acceptors (Lipinski definition) is 3. The lowest BCUT2D eigenvalue weighted by Gasteiger charge is -2.24. The Kier molecular flexibility index (Phi) is 3.25. The molecule has 3 amide bonds. The molecule has 106 valence electrons. The quantitative estimate of drug-likeness (QED) is 0.893. The minimum atomic E-state index is -0.316. The molecule has 0 radical (unpaired) electrons. The van der Waals surface area contributed by atoms with Gasteiger partial charge in [-0.2, -0.15) is 0 Å². The number of hydrogen-bond donors (Lipinski definition) is 2. The molecule has 2 aliphatic heterocycles. The fourth-order valence-electron chi connectivity index (χ4n) is 2.69. The van der Waals surface area contributed by atoms with Gasteiger partial charge in [-0.1, -0.05) is 19.9 Å². The summed E-state index contributed by atoms with van der Waals surface area (Å²) < 4.78 is 0. The highest BCUT2D eigenvalue weighted by atomic mass is 32.1. The highest BCUT2D eigenvalue weighted by molar-refractivity contribution is 7.10. The van der Waals surface area contributed by atoms with Gasteiger partial charge in [-0.3, -0.25) is 4.79 Å². The van der Waals surface area contributed by atoms with Crippen molar-refractivity contribution in [1.82, 2.24) is 15.5 Å². The first-order chi connectivity index (χ1) is 9.56. The van der Waals surface area contributed by atoms with Gasteiger partial charge in [-0.25, -0.2) is 4.79 Å². The zero-order chi connectivity index (χ0) is 14.3. The van der Waals surface area contributed by atoms with Gasteiger partial charge in [0, 0.05) is 11.4 Å². The minimum Gasteiger partial charge on any atom is -0.333 e. The third-order valence-corrected chi connectivity index (χ3v) is 4.37. The monoisotopic (exact) mass is 291 g/mol. The Morgan fingerprint density at radius 1 is 1.45 bits per heavy atom. The first-order valence-corrected chi connectivity index (χ1v) is 7.57. The first-order valence-electron chi connectivity index (χ1n) is 6.69. The van der Waals surface area contributed by atoms with Gasteiger partial charge in [0.15, 0.2) is 0 Å². The molecule has 2 aliphatic rings. The second-order valence-corrected chi connectivity index (χ2v) is 6.50. The van der Waals surface area contributed by atoms with Crippen LogP contribution in [0.4, 0.5) is 4.79 Å². The van der Waals surface area contributed by atoms with Crippen molar-refractivity contribution < 1.29 is 9.59 Å². The van der Waals surface area contributed by atoms with E-state index in [1.54, 1.807) is 11.3 Å². The fraction of sp³-hybridized carbons (Fsp3) is 0.429. The molecule has 6 heteroatoms. The van der Waals surface area contributed by atoms with Crippen LogP contribution < -0.4 is 10.6 Å². The number of thiophene rings is 1. The molecule has 0 fully saturated rings. The van der Waals surface area contributed by atoms with Crippen LogP contribution in [0.5, 0.6) is 0 Å². The summed E-state index contributed by atoms with van der Waals surface area (Å²) in [6.07, 6.45) is 0. The molecule has 0 saturated carbocycles. The second kappa shape index (κ2) is 4.94. The molecule has 1 aromatic rings. The molecule has 0 aromatic carbocycles. The number of nitrogens with zero attached hydrogens (tertiary/aromatic N) is 1. The zero-order valence-corrected chi connectivity index (χ0v) is 12.3. The number of nitrogens with one attached hydrogen (secondary N) is 2. The van der Waals surface area contributed by atoms with Gasteiger partial charge in [0.2, 0.25) is 0 Å². The third-order valence-electron chi connectivity index (χ3n) is 3.43. The fourth-order valence-corrected chi connectivity index (χ4v) is 3.47. The van der Waals surface area contributed by atoms with E-state index in [0.717, 1.165) is 10.6 Å². The standard InChI is InChI=1S/C14H17N3O2S/c1-8(2)6-17-7-9-11(13(17)18)12(16-14(19)15-9)10-4-3-5-20-10/h3-5,8,12H,6-7H2,1-2H3,(H2,15,16,19). The number of carbonyl (C=O) groups is 2. The Morgan fingerprint density at radius 2 is 2.25 bits per heavy atom. The van der Waals surface area contributed by atoms with Gasteiger partial charge < -0.3 is 15.5 Å². The van der Waals surface area contributed by atoms with Gasteiger partial charge in [0.25, 0.3) is 5.91 Å². The Hall–Kier alpha value is -1.82. The van der Waals surface area contributed by atoms with Crippen molar-refractivity contribution in [2.75, 3.05) is 13.1 Å². The topological polar surface area (TPSA) is 61.4 Å². The predicted molar refractivity (Wildman–Crippen MR) is 77.2 cm³/mol. The summed E-state index contributed by atoms with van der Waals surface area (Å²) in [5.41, 5.74) is 1.44.